The second-order valence-corrected chi connectivity index (χ2v) is 40.6. The largest absolute Gasteiger partial charge is 0.361 e. The number of hydrogen-bond acceptors (Lipinski definition) is 21. The molecule has 0 saturated heterocycles. The van der Waals surface area contributed by atoms with Gasteiger partial charge in [-0.15, -0.1) is 0 Å². The van der Waals surface area contributed by atoms with Gasteiger partial charge in [0.05, 0.1) is 83.4 Å². The first-order valence-electron chi connectivity index (χ1n) is 41.0. The number of halogens is 6. The number of aromatic nitrogens is 11. The maximum absolute atomic E-state index is 14.9. The van der Waals surface area contributed by atoms with E-state index in [0.717, 1.165) is 66.7 Å². The van der Waals surface area contributed by atoms with Crippen LogP contribution in [-0.4, -0.2) is 133 Å². The van der Waals surface area contributed by atoms with Gasteiger partial charge >= 0.3 is 0 Å². The molecular formula is C97H79BrClF4N11O15S4. The Morgan fingerprint density at radius 1 is 0.383 bits per heavy atom. The smallest absolute Gasteiger partial charge is 0.187 e. The van der Waals surface area contributed by atoms with Crippen molar-refractivity contribution in [2.75, 3.05) is 23.0 Å². The summed E-state index contributed by atoms with van der Waals surface area (Å²) in [6, 6.07) is 63.4. The Balaban J connectivity index is 0.000000136. The van der Waals surface area contributed by atoms with E-state index in [1.807, 2.05) is 137 Å². The molecule has 0 aliphatic heterocycles. The van der Waals surface area contributed by atoms with Gasteiger partial charge < -0.3 is 31.8 Å². The Kier molecular flexibility index (Phi) is 28.5. The van der Waals surface area contributed by atoms with Crippen molar-refractivity contribution in [3.63, 3.8) is 0 Å². The molecule has 678 valence electrons. The normalized spacial score (nSPS) is 11.8. The second-order valence-electron chi connectivity index (χ2n) is 31.4. The lowest BCUT2D eigenvalue weighted by Gasteiger charge is -2.08. The molecule has 0 unspecified atom stereocenters. The van der Waals surface area contributed by atoms with E-state index in [1.165, 1.54) is 27.7 Å². The first-order valence-corrected chi connectivity index (χ1v) is 48.7. The molecule has 0 bridgehead atoms. The maximum atomic E-state index is 14.9. The lowest BCUT2D eigenvalue weighted by molar-refractivity contribution is -0.117. The molecule has 10 aromatic heterocycles. The molecule has 26 nitrogen and oxygen atoms in total. The van der Waals surface area contributed by atoms with E-state index in [0.29, 0.717) is 81.1 Å². The van der Waals surface area contributed by atoms with E-state index in [4.69, 9.17) is 25.2 Å². The number of sulfone groups is 4. The number of fused-ring (bicyclic) bond motifs is 4. The van der Waals surface area contributed by atoms with Crippen molar-refractivity contribution in [1.82, 2.24) is 53.5 Å². The van der Waals surface area contributed by atoms with Crippen LogP contribution < -0.4 is 0 Å². The fourth-order valence-electron chi connectivity index (χ4n) is 15.4. The molecule has 133 heavy (non-hydrogen) atoms. The van der Waals surface area contributed by atoms with Crippen LogP contribution in [-0.2, 0) is 110 Å². The molecular weight excluding hydrogens is 1880 g/mol. The molecule has 0 radical (unpaired) electrons. The molecule has 0 fully saturated rings. The van der Waals surface area contributed by atoms with E-state index in [2.05, 4.69) is 46.5 Å². The van der Waals surface area contributed by atoms with Crippen molar-refractivity contribution in [3.05, 3.63) is 375 Å². The van der Waals surface area contributed by atoms with Crippen LogP contribution in [0.3, 0.4) is 0 Å². The SMILES string of the molecule is Cc1cc(CC(=O)CS(=O)(=O)c2cn(Cc3cccc(-c4cccnc4)c3)c3cc(F)cc(F)c23)no1.Cc1cc(CC(=O)CS(=O)(=O)c2cn(Cc3cccc(Br)c3)c3ccccc23)no1.Cc1cc(CC(=O)CS(=O)(=O)c2cn(Cc3cccc(Cl)c3)c3ccccc23)no1.O=C(Cc1ccccn1)CS(=O)(=O)c1cn(Cc2cccc(-n3cccn3)c2)c2cc(F)cc(F)c12. The highest BCUT2D eigenvalue weighted by atomic mass is 79.9. The highest BCUT2D eigenvalue weighted by molar-refractivity contribution is 9.10. The van der Waals surface area contributed by atoms with Crippen LogP contribution in [0.5, 0.6) is 0 Å². The standard InChI is InChI=1S/C27H21F2N3O4S.C26H20F2N4O3S.C22H19BrN2O4S.C22H19ClN2O4S/c1-17-8-22(31-36-17)12-23(33)16-37(34,35)26-15-32(25-11-21(28)10-24(29)27(25)26)14-18-4-2-5-19(9-18)20-6-3-7-30-13-20;27-19-12-23(28)26-24(13-19)31(15-18-5-3-7-21(11-18)32-10-4-9-30-32)16-25(26)36(34,35)17-22(33)14-20-6-1-2-8-29-20;2*1-15-9-18(24-29-15)11-19(26)14-30(27,28)22-13-25(21-8-3-2-7-20(21)22)12-16-5-4-6-17(23)10-16/h2-11,13,15H,12,14,16H2,1H3;1-13,16H,14-15,17H2;2*2-10,13H,11-12,14H2,1H3. The van der Waals surface area contributed by atoms with Crippen molar-refractivity contribution < 1.29 is 84.0 Å². The topological polar surface area (TPSA) is 346 Å². The molecule has 0 N–H and O–H groups in total. The summed E-state index contributed by atoms with van der Waals surface area (Å²) in [5.74, 6) is -6.97. The lowest BCUT2D eigenvalue weighted by atomic mass is 10.0. The quantitative estimate of drug-likeness (QED) is 0.0377. The number of ketones is 4. The highest BCUT2D eigenvalue weighted by Gasteiger charge is 2.32. The first kappa shape index (κ1) is 93.7. The fraction of sp³-hybridized carbons (Fsp3) is 0.155. The van der Waals surface area contributed by atoms with E-state index >= 15 is 0 Å². The number of nitrogens with zero attached hydrogens (tertiary/aromatic N) is 11. The summed E-state index contributed by atoms with van der Waals surface area (Å²) in [6.45, 7) is 6.36. The zero-order valence-electron chi connectivity index (χ0n) is 71.0. The Morgan fingerprint density at radius 2 is 0.797 bits per heavy atom. The van der Waals surface area contributed by atoms with Crippen LogP contribution >= 0.6 is 27.5 Å². The molecule has 0 aliphatic rings. The summed E-state index contributed by atoms with van der Waals surface area (Å²) >= 11 is 9.54. The van der Waals surface area contributed by atoms with E-state index in [1.54, 1.807) is 135 Å². The van der Waals surface area contributed by atoms with Gasteiger partial charge in [-0.2, -0.15) is 5.10 Å². The summed E-state index contributed by atoms with van der Waals surface area (Å²) in [5, 5.41) is 16.8. The highest BCUT2D eigenvalue weighted by Crippen LogP contribution is 2.36. The summed E-state index contributed by atoms with van der Waals surface area (Å²) in [5.41, 5.74) is 9.41. The van der Waals surface area contributed by atoms with Gasteiger partial charge in [-0.1, -0.05) is 146 Å². The van der Waals surface area contributed by atoms with Crippen molar-refractivity contribution in [3.8, 4) is 16.8 Å². The van der Waals surface area contributed by atoms with Crippen LogP contribution in [0.2, 0.25) is 5.02 Å². The number of Topliss-reactive ketones (excluding diaryl/α,β-unsaturated/α-hetero) is 4. The van der Waals surface area contributed by atoms with Gasteiger partial charge in [-0.3, -0.25) is 29.1 Å². The van der Waals surface area contributed by atoms with Crippen molar-refractivity contribution in [2.24, 2.45) is 0 Å². The van der Waals surface area contributed by atoms with Crippen LogP contribution in [0.15, 0.2) is 318 Å². The number of hydrogen-bond donors (Lipinski definition) is 0. The van der Waals surface area contributed by atoms with E-state index < -0.39 is 109 Å². The van der Waals surface area contributed by atoms with Gasteiger partial charge in [0, 0.05) is 156 Å². The average Bonchev–Trinajstić information content (AvgIpc) is 1.60. The van der Waals surface area contributed by atoms with E-state index in [-0.39, 0.29) is 80.2 Å². The predicted octanol–water partition coefficient (Wildman–Crippen LogP) is 17.6. The first-order chi connectivity index (χ1) is 63.6. The van der Waals surface area contributed by atoms with Gasteiger partial charge in [0.1, 0.15) is 63.6 Å². The van der Waals surface area contributed by atoms with Crippen molar-refractivity contribution in [1.29, 1.82) is 0 Å². The number of benzene rings is 8. The van der Waals surface area contributed by atoms with Crippen molar-refractivity contribution in [2.45, 2.75) is 92.2 Å². The van der Waals surface area contributed by atoms with Gasteiger partial charge in [0.15, 0.2) is 62.5 Å². The third kappa shape index (κ3) is 23.1. The number of para-hydroxylation sites is 2. The van der Waals surface area contributed by atoms with Gasteiger partial charge in [-0.25, -0.2) is 55.9 Å². The van der Waals surface area contributed by atoms with Gasteiger partial charge in [0.25, 0.3) is 0 Å². The monoisotopic (exact) mass is 1960 g/mol. The van der Waals surface area contributed by atoms with Crippen LogP contribution in [0, 0.1) is 44.0 Å². The molecule has 0 amide bonds. The molecule has 0 saturated carbocycles. The Hall–Kier alpha value is -14.0. The van der Waals surface area contributed by atoms with E-state index in [9.17, 15) is 70.4 Å². The van der Waals surface area contributed by atoms with Crippen LogP contribution in [0.25, 0.3) is 60.4 Å². The number of carbonyl (C=O) groups excluding carboxylic acids is 4. The minimum atomic E-state index is -4.26. The lowest BCUT2D eigenvalue weighted by Crippen LogP contribution is -2.18. The summed E-state index contributed by atoms with van der Waals surface area (Å²) in [6.07, 6.45) is 13.5. The predicted molar refractivity (Wildman–Crippen MR) is 494 cm³/mol. The van der Waals surface area contributed by atoms with Crippen molar-refractivity contribution >= 4 is 134 Å². The Morgan fingerprint density at radius 3 is 1.23 bits per heavy atom. The molecule has 36 heteroatoms. The third-order valence-corrected chi connectivity index (χ3v) is 28.5. The summed E-state index contributed by atoms with van der Waals surface area (Å²) in [4.78, 5) is 57.6. The van der Waals surface area contributed by atoms with Gasteiger partial charge in [-0.05, 0) is 145 Å². The minimum absolute atomic E-state index is 0.0717. The molecule has 18 aromatic rings. The number of rotatable bonds is 30. The zero-order valence-corrected chi connectivity index (χ0v) is 76.6. The minimum Gasteiger partial charge on any atom is -0.361 e. The maximum Gasteiger partial charge on any atom is 0.187 e. The number of aryl methyl sites for hydroxylation is 3. The zero-order chi connectivity index (χ0) is 94.0. The molecule has 0 atom stereocenters. The van der Waals surface area contributed by atoms with Crippen LogP contribution in [0.4, 0.5) is 17.6 Å². The molecule has 18 rings (SSSR count). The summed E-state index contributed by atoms with van der Waals surface area (Å²) < 4.78 is 188. The molecule has 0 aliphatic carbocycles. The molecule has 10 heterocycles. The number of pyridine rings is 2. The Bertz CT molecular complexity index is 7710. The third-order valence-electron chi connectivity index (χ3n) is 21.0. The summed E-state index contributed by atoms with van der Waals surface area (Å²) in [7, 11) is -16.1. The van der Waals surface area contributed by atoms with Gasteiger partial charge in [0.2, 0.25) is 0 Å². The number of carbonyl (C=O) groups is 4. The fourth-order valence-corrected chi connectivity index (χ4v) is 21.9. The Labute approximate surface area is 772 Å². The van der Waals surface area contributed by atoms with Crippen LogP contribution in [0.1, 0.15) is 62.3 Å². The second kappa shape index (κ2) is 40.4. The molecule has 8 aromatic carbocycles. The average molecular weight is 1960 g/mol. The molecule has 0 spiro atoms.